The van der Waals surface area contributed by atoms with Gasteiger partial charge in [-0.25, -0.2) is 0 Å². The number of furan rings is 1. The van der Waals surface area contributed by atoms with Gasteiger partial charge in [0.25, 0.3) is 0 Å². The van der Waals surface area contributed by atoms with Crippen molar-refractivity contribution >= 4 is 38.5 Å². The highest BCUT2D eigenvalue weighted by Crippen LogP contribution is 2.41. The molecule has 0 saturated carbocycles. The first kappa shape index (κ1) is 15.5. The van der Waals surface area contributed by atoms with Crippen molar-refractivity contribution in [3.8, 4) is 0 Å². The van der Waals surface area contributed by atoms with Crippen LogP contribution in [0.2, 0.25) is 0 Å². The van der Waals surface area contributed by atoms with Crippen molar-refractivity contribution in [2.45, 2.75) is 26.2 Å². The Balaban J connectivity index is 1.78. The second-order valence-corrected chi connectivity index (χ2v) is 7.10. The molecule has 3 nitrogen and oxygen atoms in total. The number of aryl methyl sites for hydroxylation is 1. The van der Waals surface area contributed by atoms with Gasteiger partial charge in [0, 0.05) is 28.5 Å². The summed E-state index contributed by atoms with van der Waals surface area (Å²) in [6.45, 7) is 4.77. The van der Waals surface area contributed by atoms with E-state index in [1.165, 1.54) is 0 Å². The van der Waals surface area contributed by atoms with E-state index in [0.29, 0.717) is 13.0 Å². The standard InChI is InChI=1S/C20H18BrNO2/c1-3-22-17-9-8-13(21)10-15(17)16(20(22)23)11-19-12(2)14-6-4-5-7-18(14)24-19/h4-10,16H,3,11H2,1-2H3/t16-/m1/s1. The molecule has 0 fully saturated rings. The Labute approximate surface area is 149 Å². The molecule has 3 aromatic rings. The number of likely N-dealkylation sites (N-methyl/N-ethyl adjacent to an activating group) is 1. The molecule has 0 unspecified atom stereocenters. The lowest BCUT2D eigenvalue weighted by atomic mass is 9.94. The van der Waals surface area contributed by atoms with Crippen molar-refractivity contribution in [2.75, 3.05) is 11.4 Å². The summed E-state index contributed by atoms with van der Waals surface area (Å²) in [6, 6.07) is 14.1. The molecule has 1 amide bonds. The summed E-state index contributed by atoms with van der Waals surface area (Å²) < 4.78 is 7.04. The minimum absolute atomic E-state index is 0.158. The Morgan fingerprint density at radius 2 is 2.00 bits per heavy atom. The van der Waals surface area contributed by atoms with Gasteiger partial charge < -0.3 is 9.32 Å². The van der Waals surface area contributed by atoms with E-state index < -0.39 is 0 Å². The number of carbonyl (C=O) groups excluding carboxylic acids is 1. The molecule has 2 aromatic carbocycles. The van der Waals surface area contributed by atoms with Crippen LogP contribution in [0.3, 0.4) is 0 Å². The van der Waals surface area contributed by atoms with Crippen LogP contribution in [-0.2, 0) is 11.2 Å². The average molecular weight is 384 g/mol. The predicted octanol–water partition coefficient (Wildman–Crippen LogP) is 5.20. The molecule has 0 radical (unpaired) electrons. The summed E-state index contributed by atoms with van der Waals surface area (Å²) in [4.78, 5) is 14.8. The van der Waals surface area contributed by atoms with E-state index >= 15 is 0 Å². The second-order valence-electron chi connectivity index (χ2n) is 6.19. The van der Waals surface area contributed by atoms with Crippen LogP contribution < -0.4 is 4.90 Å². The third kappa shape index (κ3) is 2.28. The van der Waals surface area contributed by atoms with Crippen molar-refractivity contribution in [1.29, 1.82) is 0 Å². The number of hydrogen-bond acceptors (Lipinski definition) is 2. The summed E-state index contributed by atoms with van der Waals surface area (Å²) in [5.74, 6) is 0.876. The maximum atomic E-state index is 12.9. The van der Waals surface area contributed by atoms with Crippen molar-refractivity contribution in [1.82, 2.24) is 0 Å². The van der Waals surface area contributed by atoms with Gasteiger partial charge in [-0.3, -0.25) is 4.79 Å². The van der Waals surface area contributed by atoms with Gasteiger partial charge in [0.1, 0.15) is 11.3 Å². The number of carbonyl (C=O) groups is 1. The second kappa shape index (κ2) is 5.78. The maximum Gasteiger partial charge on any atom is 0.235 e. The van der Waals surface area contributed by atoms with E-state index in [1.807, 2.05) is 42.2 Å². The quantitative estimate of drug-likeness (QED) is 0.622. The van der Waals surface area contributed by atoms with Crippen LogP contribution in [-0.4, -0.2) is 12.5 Å². The van der Waals surface area contributed by atoms with E-state index in [4.69, 9.17) is 4.42 Å². The summed E-state index contributed by atoms with van der Waals surface area (Å²) in [5, 5.41) is 1.12. The molecule has 0 N–H and O–H groups in total. The topological polar surface area (TPSA) is 33.5 Å². The van der Waals surface area contributed by atoms with Crippen LogP contribution in [0.4, 0.5) is 5.69 Å². The van der Waals surface area contributed by atoms with Crippen LogP contribution in [0.5, 0.6) is 0 Å². The molecule has 2 heterocycles. The number of fused-ring (bicyclic) bond motifs is 2. The Bertz CT molecular complexity index is 944. The van der Waals surface area contributed by atoms with E-state index in [-0.39, 0.29) is 11.8 Å². The fraction of sp³-hybridized carbons (Fsp3) is 0.250. The van der Waals surface area contributed by atoms with Gasteiger partial charge in [0.15, 0.2) is 0 Å². The number of hydrogen-bond donors (Lipinski definition) is 0. The van der Waals surface area contributed by atoms with Gasteiger partial charge in [-0.2, -0.15) is 0 Å². The Morgan fingerprint density at radius 1 is 1.21 bits per heavy atom. The smallest absolute Gasteiger partial charge is 0.235 e. The lowest BCUT2D eigenvalue weighted by molar-refractivity contribution is -0.119. The van der Waals surface area contributed by atoms with Gasteiger partial charge in [-0.1, -0.05) is 34.1 Å². The minimum atomic E-state index is -0.184. The van der Waals surface area contributed by atoms with Crippen molar-refractivity contribution in [2.24, 2.45) is 0 Å². The molecular formula is C20H18BrNO2. The highest BCUT2D eigenvalue weighted by atomic mass is 79.9. The van der Waals surface area contributed by atoms with Crippen LogP contribution in [0.1, 0.15) is 29.7 Å². The van der Waals surface area contributed by atoms with Gasteiger partial charge in [-0.05, 0) is 49.2 Å². The number of para-hydroxylation sites is 1. The van der Waals surface area contributed by atoms with E-state index in [1.54, 1.807) is 0 Å². The Kier molecular flexibility index (Phi) is 3.72. The molecule has 24 heavy (non-hydrogen) atoms. The summed E-state index contributed by atoms with van der Waals surface area (Å²) in [5.41, 5.74) is 4.11. The third-order valence-electron chi connectivity index (χ3n) is 4.87. The Morgan fingerprint density at radius 3 is 2.75 bits per heavy atom. The first-order chi connectivity index (χ1) is 11.6. The Hall–Kier alpha value is -2.07. The number of rotatable bonds is 3. The van der Waals surface area contributed by atoms with Crippen LogP contribution in [0, 0.1) is 6.92 Å². The highest BCUT2D eigenvalue weighted by molar-refractivity contribution is 9.10. The number of halogens is 1. The van der Waals surface area contributed by atoms with Crippen molar-refractivity contribution in [3.05, 3.63) is 63.8 Å². The number of amides is 1. The number of benzene rings is 2. The van der Waals surface area contributed by atoms with Gasteiger partial charge in [0.2, 0.25) is 5.91 Å². The molecule has 1 aliphatic rings. The lowest BCUT2D eigenvalue weighted by Crippen LogP contribution is -2.29. The SMILES string of the molecule is CCN1C(=O)[C@H](Cc2oc3ccccc3c2C)c2cc(Br)ccc21. The van der Waals surface area contributed by atoms with Crippen molar-refractivity contribution < 1.29 is 9.21 Å². The summed E-state index contributed by atoms with van der Waals surface area (Å²) >= 11 is 3.53. The number of anilines is 1. The van der Waals surface area contributed by atoms with E-state index in [9.17, 15) is 4.79 Å². The predicted molar refractivity (Wildman–Crippen MR) is 99.6 cm³/mol. The van der Waals surface area contributed by atoms with Crippen LogP contribution in [0.25, 0.3) is 11.0 Å². The van der Waals surface area contributed by atoms with Gasteiger partial charge >= 0.3 is 0 Å². The summed E-state index contributed by atoms with van der Waals surface area (Å²) in [7, 11) is 0. The molecule has 122 valence electrons. The van der Waals surface area contributed by atoms with Crippen LogP contribution in [0.15, 0.2) is 51.4 Å². The lowest BCUT2D eigenvalue weighted by Gasteiger charge is -2.15. The minimum Gasteiger partial charge on any atom is -0.461 e. The molecule has 0 bridgehead atoms. The summed E-state index contributed by atoms with van der Waals surface area (Å²) in [6.07, 6.45) is 0.597. The fourth-order valence-electron chi connectivity index (χ4n) is 3.62. The van der Waals surface area contributed by atoms with Gasteiger partial charge in [0.05, 0.1) is 5.92 Å². The first-order valence-electron chi connectivity index (χ1n) is 8.18. The maximum absolute atomic E-state index is 12.9. The fourth-order valence-corrected chi connectivity index (χ4v) is 4.00. The molecule has 0 spiro atoms. The van der Waals surface area contributed by atoms with Crippen molar-refractivity contribution in [3.63, 3.8) is 0 Å². The molecule has 4 heteroatoms. The molecule has 1 atom stereocenters. The molecule has 0 saturated heterocycles. The first-order valence-corrected chi connectivity index (χ1v) is 8.97. The molecule has 1 aromatic heterocycles. The zero-order chi connectivity index (χ0) is 16.8. The van der Waals surface area contributed by atoms with Gasteiger partial charge in [-0.15, -0.1) is 0 Å². The monoisotopic (exact) mass is 383 g/mol. The average Bonchev–Trinajstić information content (AvgIpc) is 3.03. The normalized spacial score (nSPS) is 16.9. The zero-order valence-corrected chi connectivity index (χ0v) is 15.3. The highest BCUT2D eigenvalue weighted by Gasteiger charge is 2.37. The molecule has 0 aliphatic carbocycles. The number of nitrogens with zero attached hydrogens (tertiary/aromatic N) is 1. The van der Waals surface area contributed by atoms with E-state index in [2.05, 4.69) is 35.0 Å². The largest absolute Gasteiger partial charge is 0.461 e. The third-order valence-corrected chi connectivity index (χ3v) is 5.36. The molecule has 4 rings (SSSR count). The molecular weight excluding hydrogens is 366 g/mol. The van der Waals surface area contributed by atoms with Crippen LogP contribution >= 0.6 is 15.9 Å². The van der Waals surface area contributed by atoms with E-state index in [0.717, 1.165) is 38.0 Å². The zero-order valence-electron chi connectivity index (χ0n) is 13.7. The molecule has 1 aliphatic heterocycles.